The van der Waals surface area contributed by atoms with Crippen molar-refractivity contribution in [2.45, 2.75) is 0 Å². The van der Waals surface area contributed by atoms with Crippen LogP contribution in [-0.2, 0) is 0 Å². The first-order valence-electron chi connectivity index (χ1n) is 6.99. The highest BCUT2D eigenvalue weighted by molar-refractivity contribution is 8.02. The van der Waals surface area contributed by atoms with Gasteiger partial charge in [0.2, 0.25) is 5.78 Å². The minimum absolute atomic E-state index is 0.0198. The third-order valence-corrected chi connectivity index (χ3v) is 4.28. The fourth-order valence-corrected chi connectivity index (χ4v) is 2.79. The summed E-state index contributed by atoms with van der Waals surface area (Å²) in [5, 5.41) is 13.4. The molecule has 0 amide bonds. The Morgan fingerprint density at radius 3 is 2.42 bits per heavy atom. The lowest BCUT2D eigenvalue weighted by atomic mass is 10.1. The van der Waals surface area contributed by atoms with Crippen LogP contribution in [0.2, 0.25) is 5.02 Å². The molecule has 0 spiro atoms. The zero-order valence-electron chi connectivity index (χ0n) is 13.2. The van der Waals surface area contributed by atoms with E-state index in [0.29, 0.717) is 15.6 Å². The number of carbonyl (C=O) groups excluding carboxylic acids is 1. The van der Waals surface area contributed by atoms with Gasteiger partial charge in [-0.15, -0.1) is 11.8 Å². The number of carbonyl (C=O) groups is 1. The molecule has 4 nitrogen and oxygen atoms in total. The standard InChI is InChI=1S/C18H15ClN2O2S/c1-23-13-9-7-12(8-10-13)21-18(24-2)15(11-20)17(22)14-5-3-4-6-16(14)19/h3-10,21H,1-2H3/b18-15+. The summed E-state index contributed by atoms with van der Waals surface area (Å²) in [7, 11) is 1.59. The molecule has 0 aromatic heterocycles. The van der Waals surface area contributed by atoms with Gasteiger partial charge in [-0.2, -0.15) is 5.26 Å². The fraction of sp³-hybridized carbons (Fsp3) is 0.111. The molecular formula is C18H15ClN2O2S. The molecule has 0 aliphatic heterocycles. The fourth-order valence-electron chi connectivity index (χ4n) is 2.01. The van der Waals surface area contributed by atoms with Gasteiger partial charge in [0.05, 0.1) is 17.2 Å². The second kappa shape index (κ2) is 8.44. The van der Waals surface area contributed by atoms with Crippen LogP contribution in [0.25, 0.3) is 0 Å². The number of Topliss-reactive ketones (excluding diaryl/α,β-unsaturated/α-hetero) is 1. The van der Waals surface area contributed by atoms with Crippen LogP contribution in [0.5, 0.6) is 5.75 Å². The number of allylic oxidation sites excluding steroid dienone is 1. The van der Waals surface area contributed by atoms with Crippen molar-refractivity contribution in [3.8, 4) is 11.8 Å². The van der Waals surface area contributed by atoms with E-state index < -0.39 is 5.78 Å². The van der Waals surface area contributed by atoms with Crippen LogP contribution in [0, 0.1) is 11.3 Å². The zero-order chi connectivity index (χ0) is 17.5. The Labute approximate surface area is 150 Å². The average molecular weight is 359 g/mol. The second-order valence-electron chi connectivity index (χ2n) is 4.68. The van der Waals surface area contributed by atoms with Crippen LogP contribution < -0.4 is 10.1 Å². The van der Waals surface area contributed by atoms with Gasteiger partial charge in [-0.1, -0.05) is 23.7 Å². The first kappa shape index (κ1) is 17.9. The molecule has 0 fully saturated rings. The lowest BCUT2D eigenvalue weighted by Crippen LogP contribution is -2.09. The summed E-state index contributed by atoms with van der Waals surface area (Å²) < 4.78 is 5.11. The molecule has 2 rings (SSSR count). The van der Waals surface area contributed by atoms with Crippen molar-refractivity contribution in [2.75, 3.05) is 18.7 Å². The molecule has 0 aliphatic carbocycles. The molecule has 122 valence electrons. The van der Waals surface area contributed by atoms with Crippen molar-refractivity contribution >= 4 is 34.8 Å². The number of ether oxygens (including phenoxy) is 1. The lowest BCUT2D eigenvalue weighted by molar-refractivity contribution is 0.103. The van der Waals surface area contributed by atoms with E-state index in [1.807, 2.05) is 18.2 Å². The van der Waals surface area contributed by atoms with Crippen LogP contribution in [0.15, 0.2) is 59.1 Å². The van der Waals surface area contributed by atoms with Crippen LogP contribution >= 0.6 is 23.4 Å². The van der Waals surface area contributed by atoms with E-state index in [1.165, 1.54) is 11.8 Å². The zero-order valence-corrected chi connectivity index (χ0v) is 14.7. The van der Waals surface area contributed by atoms with Gasteiger partial charge in [0.1, 0.15) is 17.4 Å². The molecule has 0 saturated heterocycles. The number of halogens is 1. The van der Waals surface area contributed by atoms with E-state index in [4.69, 9.17) is 16.3 Å². The van der Waals surface area contributed by atoms with Crippen molar-refractivity contribution in [3.05, 3.63) is 69.7 Å². The summed E-state index contributed by atoms with van der Waals surface area (Å²) in [6.45, 7) is 0. The Bertz CT molecular complexity index is 811. The Kier molecular flexibility index (Phi) is 6.30. The quantitative estimate of drug-likeness (QED) is 0.459. The Hall–Kier alpha value is -2.42. The topological polar surface area (TPSA) is 62.1 Å². The highest BCUT2D eigenvalue weighted by atomic mass is 35.5. The van der Waals surface area contributed by atoms with Gasteiger partial charge >= 0.3 is 0 Å². The predicted octanol–water partition coefficient (Wildman–Crippen LogP) is 4.74. The van der Waals surface area contributed by atoms with Gasteiger partial charge in [-0.3, -0.25) is 4.79 Å². The molecule has 0 bridgehead atoms. The van der Waals surface area contributed by atoms with E-state index >= 15 is 0 Å². The number of methoxy groups -OCH3 is 1. The van der Waals surface area contributed by atoms with Gasteiger partial charge in [0.25, 0.3) is 0 Å². The summed E-state index contributed by atoms with van der Waals surface area (Å²) in [4.78, 5) is 12.6. The highest BCUT2D eigenvalue weighted by Gasteiger charge is 2.19. The van der Waals surface area contributed by atoms with Crippen molar-refractivity contribution in [2.24, 2.45) is 0 Å². The molecule has 0 saturated carbocycles. The normalized spacial score (nSPS) is 11.2. The number of hydrogen-bond acceptors (Lipinski definition) is 5. The number of benzene rings is 2. The largest absolute Gasteiger partial charge is 0.497 e. The van der Waals surface area contributed by atoms with Crippen molar-refractivity contribution in [1.82, 2.24) is 0 Å². The molecule has 0 aliphatic rings. The van der Waals surface area contributed by atoms with Crippen LogP contribution in [0.4, 0.5) is 5.69 Å². The average Bonchev–Trinajstić information content (AvgIpc) is 2.62. The van der Waals surface area contributed by atoms with Gasteiger partial charge in [0, 0.05) is 11.3 Å². The van der Waals surface area contributed by atoms with E-state index in [9.17, 15) is 10.1 Å². The molecule has 0 unspecified atom stereocenters. The van der Waals surface area contributed by atoms with Crippen LogP contribution in [-0.4, -0.2) is 19.1 Å². The summed E-state index contributed by atoms with van der Waals surface area (Å²) in [5.74, 6) is 0.316. The molecular weight excluding hydrogens is 344 g/mol. The lowest BCUT2D eigenvalue weighted by Gasteiger charge is -2.12. The van der Waals surface area contributed by atoms with Gasteiger partial charge in [-0.05, 0) is 42.7 Å². The molecule has 24 heavy (non-hydrogen) atoms. The number of ketones is 1. The first-order chi connectivity index (χ1) is 11.6. The van der Waals surface area contributed by atoms with Gasteiger partial charge in [-0.25, -0.2) is 0 Å². The van der Waals surface area contributed by atoms with Crippen LogP contribution in [0.3, 0.4) is 0 Å². The minimum Gasteiger partial charge on any atom is -0.497 e. The first-order valence-corrected chi connectivity index (χ1v) is 8.59. The van der Waals surface area contributed by atoms with E-state index in [2.05, 4.69) is 5.32 Å². The highest BCUT2D eigenvalue weighted by Crippen LogP contribution is 2.26. The summed E-state index contributed by atoms with van der Waals surface area (Å²) in [5.41, 5.74) is 1.07. The summed E-state index contributed by atoms with van der Waals surface area (Å²) >= 11 is 7.35. The smallest absolute Gasteiger partial charge is 0.207 e. The van der Waals surface area contributed by atoms with E-state index in [-0.39, 0.29) is 5.57 Å². The third kappa shape index (κ3) is 4.10. The maximum absolute atomic E-state index is 12.6. The number of thioether (sulfide) groups is 1. The molecule has 2 aromatic carbocycles. The SMILES string of the molecule is COc1ccc(N/C(SC)=C(/C#N)C(=O)c2ccccc2Cl)cc1. The number of nitrogens with zero attached hydrogens (tertiary/aromatic N) is 1. The van der Waals surface area contributed by atoms with E-state index in [1.54, 1.807) is 49.8 Å². The van der Waals surface area contributed by atoms with Crippen molar-refractivity contribution < 1.29 is 9.53 Å². The van der Waals surface area contributed by atoms with Crippen molar-refractivity contribution in [1.29, 1.82) is 5.26 Å². The molecule has 1 N–H and O–H groups in total. The number of rotatable bonds is 6. The minimum atomic E-state index is -0.409. The molecule has 0 radical (unpaired) electrons. The number of anilines is 1. The van der Waals surface area contributed by atoms with Gasteiger partial charge < -0.3 is 10.1 Å². The number of nitrogens with one attached hydrogen (secondary N) is 1. The molecule has 0 heterocycles. The summed E-state index contributed by atoms with van der Waals surface area (Å²) in [6, 6.07) is 15.9. The number of nitriles is 1. The predicted molar refractivity (Wildman–Crippen MR) is 98.6 cm³/mol. The second-order valence-corrected chi connectivity index (χ2v) is 5.91. The maximum atomic E-state index is 12.6. The maximum Gasteiger partial charge on any atom is 0.207 e. The third-order valence-electron chi connectivity index (χ3n) is 3.24. The van der Waals surface area contributed by atoms with Gasteiger partial charge in [0.15, 0.2) is 0 Å². The number of hydrogen-bond donors (Lipinski definition) is 1. The molecule has 6 heteroatoms. The molecule has 0 atom stereocenters. The summed E-state index contributed by atoms with van der Waals surface area (Å²) in [6.07, 6.45) is 1.79. The Balaban J connectivity index is 2.37. The Morgan fingerprint density at radius 2 is 1.88 bits per heavy atom. The van der Waals surface area contributed by atoms with Crippen molar-refractivity contribution in [3.63, 3.8) is 0 Å². The van der Waals surface area contributed by atoms with E-state index in [0.717, 1.165) is 11.4 Å². The molecule has 2 aromatic rings. The Morgan fingerprint density at radius 1 is 1.21 bits per heavy atom. The van der Waals surface area contributed by atoms with Crippen LogP contribution in [0.1, 0.15) is 10.4 Å². The monoisotopic (exact) mass is 358 g/mol.